The van der Waals surface area contributed by atoms with E-state index in [4.69, 9.17) is 5.26 Å². The molecule has 0 bridgehead atoms. The number of anilines is 1. The van der Waals surface area contributed by atoms with Crippen molar-refractivity contribution in [3.05, 3.63) is 35.1 Å². The number of aromatic nitrogens is 2. The fourth-order valence-electron chi connectivity index (χ4n) is 1.40. The van der Waals surface area contributed by atoms with Gasteiger partial charge in [0.1, 0.15) is 10.9 Å². The molecule has 0 fully saturated rings. The Balaban J connectivity index is 1.93. The molecule has 0 atom stereocenters. The van der Waals surface area contributed by atoms with E-state index in [1.807, 2.05) is 19.4 Å². The summed E-state index contributed by atoms with van der Waals surface area (Å²) in [6.07, 6.45) is 6.51. The molecule has 0 amide bonds. The predicted octanol–water partition coefficient (Wildman–Crippen LogP) is 2.02. The van der Waals surface area contributed by atoms with Gasteiger partial charge in [0, 0.05) is 26.0 Å². The van der Waals surface area contributed by atoms with Gasteiger partial charge >= 0.3 is 0 Å². The highest BCUT2D eigenvalue weighted by molar-refractivity contribution is 7.16. The second-order valence-corrected chi connectivity index (χ2v) is 4.52. The highest BCUT2D eigenvalue weighted by Crippen LogP contribution is 2.20. The average molecular weight is 232 g/mol. The first-order valence-electron chi connectivity index (χ1n) is 4.98. The van der Waals surface area contributed by atoms with Crippen molar-refractivity contribution in [2.75, 3.05) is 18.5 Å². The summed E-state index contributed by atoms with van der Waals surface area (Å²) in [4.78, 5) is 9.96. The van der Waals surface area contributed by atoms with Crippen LogP contribution in [0.1, 0.15) is 10.4 Å². The van der Waals surface area contributed by atoms with Crippen LogP contribution in [-0.4, -0.2) is 23.6 Å². The lowest BCUT2D eigenvalue weighted by Gasteiger charge is -2.14. The van der Waals surface area contributed by atoms with Crippen LogP contribution in [0.4, 0.5) is 5.13 Å². The molecule has 0 aliphatic heterocycles. The Bertz CT molecular complexity index is 480. The summed E-state index contributed by atoms with van der Waals surface area (Å²) in [5.41, 5.74) is 1.28. The van der Waals surface area contributed by atoms with Crippen molar-refractivity contribution in [1.29, 1.82) is 5.26 Å². The van der Waals surface area contributed by atoms with Crippen LogP contribution in [0, 0.1) is 11.3 Å². The molecule has 4 nitrogen and oxygen atoms in total. The van der Waals surface area contributed by atoms with Crippen LogP contribution < -0.4 is 4.90 Å². The predicted molar refractivity (Wildman–Crippen MR) is 64.6 cm³/mol. The molecule has 0 aliphatic rings. The molecular formula is C11H12N4S. The minimum Gasteiger partial charge on any atom is -0.367 e. The number of likely N-dealkylation sites (N-methyl/N-ethyl adjacent to an activating group) is 1. The molecule has 16 heavy (non-hydrogen) atoms. The maximum absolute atomic E-state index is 8.71. The highest BCUT2D eigenvalue weighted by atomic mass is 32.1. The first kappa shape index (κ1) is 10.7. The monoisotopic (exact) mass is 232 g/mol. The van der Waals surface area contributed by atoms with Crippen molar-refractivity contribution in [3.8, 4) is 6.07 Å². The van der Waals surface area contributed by atoms with E-state index in [2.05, 4.69) is 27.0 Å². The Morgan fingerprint density at radius 3 is 3.12 bits per heavy atom. The van der Waals surface area contributed by atoms with Crippen LogP contribution in [0.3, 0.4) is 0 Å². The molecule has 82 valence electrons. The molecule has 2 aromatic heterocycles. The zero-order chi connectivity index (χ0) is 11.4. The molecule has 2 aromatic rings. The van der Waals surface area contributed by atoms with Crippen LogP contribution in [0.15, 0.2) is 24.7 Å². The zero-order valence-corrected chi connectivity index (χ0v) is 9.79. The van der Waals surface area contributed by atoms with E-state index in [1.54, 1.807) is 6.20 Å². The van der Waals surface area contributed by atoms with Crippen LogP contribution in [-0.2, 0) is 6.42 Å². The summed E-state index contributed by atoms with van der Waals surface area (Å²) in [6, 6.07) is 4.16. The second-order valence-electron chi connectivity index (χ2n) is 3.51. The Kier molecular flexibility index (Phi) is 3.22. The number of nitriles is 1. The van der Waals surface area contributed by atoms with E-state index >= 15 is 0 Å². The van der Waals surface area contributed by atoms with E-state index in [1.165, 1.54) is 16.9 Å². The molecule has 0 saturated heterocycles. The van der Waals surface area contributed by atoms with Crippen molar-refractivity contribution in [3.63, 3.8) is 0 Å². The topological polar surface area (TPSA) is 55.7 Å². The van der Waals surface area contributed by atoms with Crippen LogP contribution in [0.25, 0.3) is 0 Å². The molecule has 0 aromatic carbocycles. The third kappa shape index (κ3) is 2.41. The maximum Gasteiger partial charge on any atom is 0.186 e. The Morgan fingerprint density at radius 1 is 1.62 bits per heavy atom. The average Bonchev–Trinajstić information content (AvgIpc) is 2.96. The Labute approximate surface area is 98.2 Å². The quantitative estimate of drug-likeness (QED) is 0.877. The number of nitrogens with zero attached hydrogens (tertiary/aromatic N) is 3. The standard InChI is InChI=1S/C11H12N4S/c1-15(5-3-9-2-4-13-7-9)11-14-8-10(6-12)16-11/h2,4,7-8,13H,3,5H2,1H3. The number of hydrogen-bond donors (Lipinski definition) is 1. The Hall–Kier alpha value is -1.80. The van der Waals surface area contributed by atoms with Gasteiger partial charge in [-0.15, -0.1) is 0 Å². The van der Waals surface area contributed by atoms with Gasteiger partial charge < -0.3 is 9.88 Å². The smallest absolute Gasteiger partial charge is 0.186 e. The summed E-state index contributed by atoms with van der Waals surface area (Å²) >= 11 is 1.42. The number of H-pyrrole nitrogens is 1. The van der Waals surface area contributed by atoms with Crippen molar-refractivity contribution < 1.29 is 0 Å². The van der Waals surface area contributed by atoms with E-state index in [-0.39, 0.29) is 0 Å². The molecular weight excluding hydrogens is 220 g/mol. The lowest BCUT2D eigenvalue weighted by atomic mass is 10.2. The normalized spacial score (nSPS) is 10.0. The first-order valence-corrected chi connectivity index (χ1v) is 5.80. The molecule has 5 heteroatoms. The van der Waals surface area contributed by atoms with Gasteiger partial charge in [-0.1, -0.05) is 11.3 Å². The van der Waals surface area contributed by atoms with Crippen LogP contribution in [0.2, 0.25) is 0 Å². The number of hydrogen-bond acceptors (Lipinski definition) is 4. The third-order valence-corrected chi connectivity index (χ3v) is 3.34. The van der Waals surface area contributed by atoms with Crippen molar-refractivity contribution in [1.82, 2.24) is 9.97 Å². The van der Waals surface area contributed by atoms with Gasteiger partial charge in [-0.3, -0.25) is 0 Å². The molecule has 0 saturated carbocycles. The van der Waals surface area contributed by atoms with Crippen molar-refractivity contribution in [2.24, 2.45) is 0 Å². The minimum absolute atomic E-state index is 0.656. The Morgan fingerprint density at radius 2 is 2.50 bits per heavy atom. The van der Waals surface area contributed by atoms with E-state index in [9.17, 15) is 0 Å². The van der Waals surface area contributed by atoms with Gasteiger partial charge in [0.25, 0.3) is 0 Å². The van der Waals surface area contributed by atoms with E-state index in [0.717, 1.165) is 18.1 Å². The van der Waals surface area contributed by atoms with Gasteiger partial charge in [-0.05, 0) is 18.1 Å². The number of thiazole rings is 1. The first-order chi connectivity index (χ1) is 7.79. The van der Waals surface area contributed by atoms with Gasteiger partial charge in [-0.25, -0.2) is 4.98 Å². The SMILES string of the molecule is CN(CCc1cc[nH]c1)c1ncc(C#N)s1. The molecule has 2 heterocycles. The van der Waals surface area contributed by atoms with E-state index < -0.39 is 0 Å². The fraction of sp³-hybridized carbons (Fsp3) is 0.273. The number of nitrogens with one attached hydrogen (secondary N) is 1. The summed E-state index contributed by atoms with van der Waals surface area (Å²) in [5, 5.41) is 9.61. The van der Waals surface area contributed by atoms with E-state index in [0.29, 0.717) is 4.88 Å². The van der Waals surface area contributed by atoms with Gasteiger partial charge in [0.05, 0.1) is 6.20 Å². The summed E-state index contributed by atoms with van der Waals surface area (Å²) in [7, 11) is 1.99. The van der Waals surface area contributed by atoms with Crippen molar-refractivity contribution >= 4 is 16.5 Å². The molecule has 0 radical (unpaired) electrons. The van der Waals surface area contributed by atoms with Crippen LogP contribution in [0.5, 0.6) is 0 Å². The minimum atomic E-state index is 0.656. The maximum atomic E-state index is 8.71. The fourth-order valence-corrected chi connectivity index (χ4v) is 2.10. The molecule has 0 spiro atoms. The highest BCUT2D eigenvalue weighted by Gasteiger charge is 2.06. The van der Waals surface area contributed by atoms with Gasteiger partial charge in [0.2, 0.25) is 0 Å². The molecule has 2 rings (SSSR count). The molecule has 1 N–H and O–H groups in total. The van der Waals surface area contributed by atoms with Crippen molar-refractivity contribution in [2.45, 2.75) is 6.42 Å². The lowest BCUT2D eigenvalue weighted by Crippen LogP contribution is -2.19. The van der Waals surface area contributed by atoms with Gasteiger partial charge in [0.15, 0.2) is 5.13 Å². The number of rotatable bonds is 4. The number of aromatic amines is 1. The van der Waals surface area contributed by atoms with Gasteiger partial charge in [-0.2, -0.15) is 5.26 Å². The third-order valence-electron chi connectivity index (χ3n) is 2.33. The molecule has 0 aliphatic carbocycles. The summed E-state index contributed by atoms with van der Waals surface area (Å²) in [6.45, 7) is 0.899. The lowest BCUT2D eigenvalue weighted by molar-refractivity contribution is 0.872. The van der Waals surface area contributed by atoms with Crippen LogP contribution >= 0.6 is 11.3 Å². The summed E-state index contributed by atoms with van der Waals surface area (Å²) < 4.78 is 0. The summed E-state index contributed by atoms with van der Waals surface area (Å²) in [5.74, 6) is 0. The largest absolute Gasteiger partial charge is 0.367 e. The second kappa shape index (κ2) is 4.81. The zero-order valence-electron chi connectivity index (χ0n) is 8.97. The molecule has 0 unspecified atom stereocenters.